The quantitative estimate of drug-likeness (QED) is 0.752. The summed E-state index contributed by atoms with van der Waals surface area (Å²) in [7, 11) is 0. The fourth-order valence-electron chi connectivity index (χ4n) is 3.29. The van der Waals surface area contributed by atoms with Crippen LogP contribution in [0.25, 0.3) is 11.0 Å². The van der Waals surface area contributed by atoms with Gasteiger partial charge in [-0.05, 0) is 36.8 Å². The summed E-state index contributed by atoms with van der Waals surface area (Å²) < 4.78 is 12.7. The molecule has 1 amide bonds. The van der Waals surface area contributed by atoms with Gasteiger partial charge in [-0.2, -0.15) is 0 Å². The minimum atomic E-state index is -0.343. The van der Waals surface area contributed by atoms with Gasteiger partial charge in [-0.25, -0.2) is 4.98 Å². The number of nitrogens with zero attached hydrogens (tertiary/aromatic N) is 2. The number of imidazole rings is 1. The lowest BCUT2D eigenvalue weighted by Crippen LogP contribution is -2.39. The number of para-hydroxylation sites is 2. The number of nitrogens with one attached hydrogen (secondary N) is 1. The summed E-state index contributed by atoms with van der Waals surface area (Å²) in [6.45, 7) is 6.86. The number of hydrogen-bond acceptors (Lipinski definition) is 4. The van der Waals surface area contributed by atoms with E-state index in [1.807, 2.05) is 54.0 Å². The summed E-state index contributed by atoms with van der Waals surface area (Å²) in [4.78, 5) is 17.1. The van der Waals surface area contributed by atoms with E-state index < -0.39 is 0 Å². The van der Waals surface area contributed by atoms with Crippen LogP contribution in [-0.4, -0.2) is 28.8 Å². The van der Waals surface area contributed by atoms with Crippen LogP contribution in [0.1, 0.15) is 32.4 Å². The second-order valence-corrected chi connectivity index (χ2v) is 7.49. The third-order valence-corrected chi connectivity index (χ3v) is 5.14. The summed E-state index contributed by atoms with van der Waals surface area (Å²) in [6, 6.07) is 13.4. The zero-order valence-electron chi connectivity index (χ0n) is 15.7. The topological polar surface area (TPSA) is 65.4 Å². The van der Waals surface area contributed by atoms with Crippen LogP contribution < -0.4 is 14.8 Å². The maximum Gasteiger partial charge on any atom is 0.242 e. The van der Waals surface area contributed by atoms with Crippen molar-refractivity contribution in [1.82, 2.24) is 14.9 Å². The van der Waals surface area contributed by atoms with Gasteiger partial charge in [0.05, 0.1) is 17.4 Å². The van der Waals surface area contributed by atoms with Gasteiger partial charge in [0.15, 0.2) is 11.5 Å². The Hall–Kier alpha value is -3.02. The molecule has 1 aliphatic rings. The molecule has 1 aliphatic heterocycles. The number of ether oxygens (including phenoxy) is 2. The van der Waals surface area contributed by atoms with Gasteiger partial charge < -0.3 is 19.4 Å². The largest absolute Gasteiger partial charge is 0.454 e. The molecule has 0 spiro atoms. The van der Waals surface area contributed by atoms with E-state index in [0.717, 1.165) is 28.1 Å². The average Bonchev–Trinajstić information content (AvgIpc) is 3.31. The second-order valence-electron chi connectivity index (χ2n) is 7.49. The fourth-order valence-corrected chi connectivity index (χ4v) is 3.29. The summed E-state index contributed by atoms with van der Waals surface area (Å²) in [5.41, 5.74) is 2.69. The number of rotatable bonds is 5. The Morgan fingerprint density at radius 2 is 2.00 bits per heavy atom. The van der Waals surface area contributed by atoms with Gasteiger partial charge in [0.2, 0.25) is 12.7 Å². The van der Waals surface area contributed by atoms with Crippen LogP contribution in [0.5, 0.6) is 11.5 Å². The lowest BCUT2D eigenvalue weighted by atomic mass is 9.84. The van der Waals surface area contributed by atoms with E-state index in [2.05, 4.69) is 24.1 Å². The maximum atomic E-state index is 12.7. The minimum Gasteiger partial charge on any atom is -0.454 e. The monoisotopic (exact) mass is 365 g/mol. The first-order valence-electron chi connectivity index (χ1n) is 9.05. The lowest BCUT2D eigenvalue weighted by Gasteiger charge is -2.27. The van der Waals surface area contributed by atoms with E-state index >= 15 is 0 Å². The molecule has 140 valence electrons. The summed E-state index contributed by atoms with van der Waals surface area (Å²) in [5.74, 6) is 1.48. The van der Waals surface area contributed by atoms with Crippen LogP contribution in [0.3, 0.4) is 0 Å². The van der Waals surface area contributed by atoms with Crippen molar-refractivity contribution in [3.05, 3.63) is 54.4 Å². The van der Waals surface area contributed by atoms with Crippen molar-refractivity contribution in [2.24, 2.45) is 0 Å². The van der Waals surface area contributed by atoms with Crippen molar-refractivity contribution >= 4 is 16.9 Å². The van der Waals surface area contributed by atoms with Crippen molar-refractivity contribution in [1.29, 1.82) is 0 Å². The Morgan fingerprint density at radius 3 is 2.85 bits per heavy atom. The molecule has 27 heavy (non-hydrogen) atoms. The molecule has 0 saturated carbocycles. The molecule has 0 unspecified atom stereocenters. The summed E-state index contributed by atoms with van der Waals surface area (Å²) in [5, 5.41) is 3.08. The molecule has 2 heterocycles. The molecule has 2 aromatic carbocycles. The van der Waals surface area contributed by atoms with Crippen LogP contribution in [-0.2, 0) is 10.2 Å². The predicted octanol–water partition coefficient (Wildman–Crippen LogP) is 3.42. The van der Waals surface area contributed by atoms with Crippen LogP contribution in [0, 0.1) is 0 Å². The average molecular weight is 365 g/mol. The SMILES string of the molecule is C[C@H](C(=O)NCC(C)(C)c1ccc2c(c1)OCO2)n1cnc2ccccc21. The minimum absolute atomic E-state index is 0.0352. The number of carbonyl (C=O) groups excluding carboxylic acids is 1. The van der Waals surface area contributed by atoms with Gasteiger partial charge in [-0.3, -0.25) is 4.79 Å². The highest BCUT2D eigenvalue weighted by molar-refractivity contribution is 5.83. The summed E-state index contributed by atoms with van der Waals surface area (Å²) >= 11 is 0. The van der Waals surface area contributed by atoms with Crippen molar-refractivity contribution in [3.8, 4) is 11.5 Å². The fraction of sp³-hybridized carbons (Fsp3) is 0.333. The molecule has 6 heteroatoms. The molecular weight excluding hydrogens is 342 g/mol. The van der Waals surface area contributed by atoms with Crippen molar-refractivity contribution in [2.45, 2.75) is 32.2 Å². The molecule has 1 N–H and O–H groups in total. The zero-order valence-corrected chi connectivity index (χ0v) is 15.7. The number of aromatic nitrogens is 2. The highest BCUT2D eigenvalue weighted by atomic mass is 16.7. The Bertz CT molecular complexity index is 993. The molecule has 0 saturated heterocycles. The van der Waals surface area contributed by atoms with Gasteiger partial charge in [0.1, 0.15) is 6.04 Å². The van der Waals surface area contributed by atoms with Gasteiger partial charge in [0.25, 0.3) is 0 Å². The first-order chi connectivity index (χ1) is 13.0. The number of amides is 1. The van der Waals surface area contributed by atoms with E-state index in [1.165, 1.54) is 0 Å². The third-order valence-electron chi connectivity index (χ3n) is 5.14. The zero-order chi connectivity index (χ0) is 19.0. The van der Waals surface area contributed by atoms with Gasteiger partial charge in [0, 0.05) is 12.0 Å². The number of fused-ring (bicyclic) bond motifs is 2. The standard InChI is InChI=1S/C21H23N3O3/c1-14(24-12-23-16-6-4-5-7-17(16)24)20(25)22-11-21(2,3)15-8-9-18-19(10-15)27-13-26-18/h4-10,12,14H,11,13H2,1-3H3,(H,22,25)/t14-/m1/s1. The van der Waals surface area contributed by atoms with Crippen molar-refractivity contribution < 1.29 is 14.3 Å². The maximum absolute atomic E-state index is 12.7. The van der Waals surface area contributed by atoms with Crippen LogP contribution in [0.4, 0.5) is 0 Å². The van der Waals surface area contributed by atoms with Crippen LogP contribution >= 0.6 is 0 Å². The molecule has 0 aliphatic carbocycles. The van der Waals surface area contributed by atoms with E-state index in [9.17, 15) is 4.79 Å². The van der Waals surface area contributed by atoms with Crippen molar-refractivity contribution in [2.75, 3.05) is 13.3 Å². The summed E-state index contributed by atoms with van der Waals surface area (Å²) in [6.07, 6.45) is 1.72. The molecule has 1 aromatic heterocycles. The number of hydrogen-bond donors (Lipinski definition) is 1. The number of carbonyl (C=O) groups is 1. The molecule has 1 atom stereocenters. The molecule has 4 rings (SSSR count). The first kappa shape index (κ1) is 17.4. The molecule has 3 aromatic rings. The predicted molar refractivity (Wildman–Crippen MR) is 103 cm³/mol. The van der Waals surface area contributed by atoms with Gasteiger partial charge >= 0.3 is 0 Å². The second kappa shape index (κ2) is 6.61. The van der Waals surface area contributed by atoms with E-state index in [-0.39, 0.29) is 24.2 Å². The lowest BCUT2D eigenvalue weighted by molar-refractivity contribution is -0.124. The Balaban J connectivity index is 1.46. The normalized spacial score (nSPS) is 14.3. The Kier molecular flexibility index (Phi) is 4.26. The Morgan fingerprint density at radius 1 is 1.22 bits per heavy atom. The molecule has 0 fully saturated rings. The highest BCUT2D eigenvalue weighted by Gasteiger charge is 2.26. The molecule has 0 radical (unpaired) electrons. The smallest absolute Gasteiger partial charge is 0.242 e. The highest BCUT2D eigenvalue weighted by Crippen LogP contribution is 2.36. The van der Waals surface area contributed by atoms with Gasteiger partial charge in [-0.1, -0.05) is 32.0 Å². The Labute approximate surface area is 158 Å². The van der Waals surface area contributed by atoms with Crippen LogP contribution in [0.2, 0.25) is 0 Å². The van der Waals surface area contributed by atoms with E-state index in [0.29, 0.717) is 6.54 Å². The molecule has 6 nitrogen and oxygen atoms in total. The van der Waals surface area contributed by atoms with Gasteiger partial charge in [-0.15, -0.1) is 0 Å². The third kappa shape index (κ3) is 3.23. The van der Waals surface area contributed by atoms with Crippen LogP contribution in [0.15, 0.2) is 48.8 Å². The molecular formula is C21H23N3O3. The first-order valence-corrected chi connectivity index (χ1v) is 9.05. The molecule has 0 bridgehead atoms. The van der Waals surface area contributed by atoms with Crippen molar-refractivity contribution in [3.63, 3.8) is 0 Å². The van der Waals surface area contributed by atoms with E-state index in [4.69, 9.17) is 9.47 Å². The number of benzene rings is 2. The van der Waals surface area contributed by atoms with E-state index in [1.54, 1.807) is 6.33 Å².